The Hall–Kier alpha value is -1.56. The highest BCUT2D eigenvalue weighted by Crippen LogP contribution is 2.89. The van der Waals surface area contributed by atoms with Gasteiger partial charge in [0.25, 0.3) is 0 Å². The highest BCUT2D eigenvalue weighted by molar-refractivity contribution is 5.88. The monoisotopic (exact) mass is 646 g/mol. The van der Waals surface area contributed by atoms with E-state index >= 15 is 0 Å². The van der Waals surface area contributed by atoms with Crippen LogP contribution >= 0.6 is 0 Å². The first kappa shape index (κ1) is 33.0. The van der Waals surface area contributed by atoms with Crippen molar-refractivity contribution in [2.24, 2.45) is 50.7 Å². The molecule has 2 heterocycles. The molecule has 0 aromatic heterocycles. The molecule has 7 rings (SSSR count). The quantitative estimate of drug-likeness (QED) is 0.213. The fourth-order valence-electron chi connectivity index (χ4n) is 13.0. The first-order valence-corrected chi connectivity index (χ1v) is 17.7. The third-order valence-corrected chi connectivity index (χ3v) is 15.8. The number of cyclic esters (lactones) is 1. The molecule has 2 unspecified atom stereocenters. The van der Waals surface area contributed by atoms with Crippen molar-refractivity contribution in [3.63, 3.8) is 0 Å². The average molecular weight is 647 g/mol. The predicted octanol–water partition coefficient (Wildman–Crippen LogP) is 3.57. The lowest BCUT2D eigenvalue weighted by molar-refractivity contribution is -0.326. The van der Waals surface area contributed by atoms with Gasteiger partial charge in [0.15, 0.2) is 6.29 Å². The number of aliphatic hydroxyl groups excluding tert-OH is 4. The third-order valence-electron chi connectivity index (χ3n) is 15.8. The van der Waals surface area contributed by atoms with Crippen molar-refractivity contribution in [2.45, 2.75) is 142 Å². The third kappa shape index (κ3) is 4.09. The normalized spacial score (nSPS) is 55.2. The highest BCUT2D eigenvalue weighted by Gasteiger charge is 2.83. The molecular formula is C36H54O10. The van der Waals surface area contributed by atoms with Crippen molar-refractivity contribution >= 4 is 11.9 Å². The summed E-state index contributed by atoms with van der Waals surface area (Å²) in [6, 6.07) is 0. The predicted molar refractivity (Wildman–Crippen MR) is 165 cm³/mol. The number of carbonyl (C=O) groups excluding carboxylic acids is 1. The molecule has 46 heavy (non-hydrogen) atoms. The fraction of sp³-hybridized carbons (Fsp3) is 0.889. The lowest BCUT2D eigenvalue weighted by Crippen LogP contribution is -2.63. The van der Waals surface area contributed by atoms with E-state index < -0.39 is 54.8 Å². The molecule has 5 aliphatic carbocycles. The molecular weight excluding hydrogens is 592 g/mol. The molecule has 10 nitrogen and oxygen atoms in total. The zero-order valence-corrected chi connectivity index (χ0v) is 28.0. The molecule has 5 saturated carbocycles. The van der Waals surface area contributed by atoms with E-state index in [1.54, 1.807) is 6.92 Å². The Morgan fingerprint density at radius 2 is 1.65 bits per heavy atom. The summed E-state index contributed by atoms with van der Waals surface area (Å²) in [7, 11) is 0. The van der Waals surface area contributed by atoms with Crippen molar-refractivity contribution in [3.05, 3.63) is 11.6 Å². The number of fused-ring (bicyclic) bond motifs is 2. The Labute approximate surface area is 271 Å². The minimum Gasteiger partial charge on any atom is -0.481 e. The molecule has 0 aromatic carbocycles. The maximum absolute atomic E-state index is 13.3. The summed E-state index contributed by atoms with van der Waals surface area (Å²) in [5.74, 6) is 0.0206. The molecule has 6 fully saturated rings. The van der Waals surface area contributed by atoms with Gasteiger partial charge in [-0.3, -0.25) is 4.79 Å². The van der Waals surface area contributed by atoms with Gasteiger partial charge >= 0.3 is 11.9 Å². The largest absolute Gasteiger partial charge is 0.481 e. The van der Waals surface area contributed by atoms with E-state index in [-0.39, 0.29) is 45.6 Å². The lowest BCUT2D eigenvalue weighted by atomic mass is 9.41. The molecule has 7 aliphatic rings. The maximum atomic E-state index is 13.3. The van der Waals surface area contributed by atoms with Gasteiger partial charge in [-0.15, -0.1) is 0 Å². The molecule has 0 radical (unpaired) electrons. The molecule has 0 bridgehead atoms. The Morgan fingerprint density at radius 3 is 2.33 bits per heavy atom. The highest BCUT2D eigenvalue weighted by atomic mass is 16.7. The van der Waals surface area contributed by atoms with Gasteiger partial charge in [-0.25, -0.2) is 4.79 Å². The van der Waals surface area contributed by atoms with Crippen LogP contribution in [0.2, 0.25) is 0 Å². The summed E-state index contributed by atoms with van der Waals surface area (Å²) in [4.78, 5) is 25.7. The van der Waals surface area contributed by atoms with E-state index in [1.807, 2.05) is 13.0 Å². The summed E-state index contributed by atoms with van der Waals surface area (Å²) in [6.45, 7) is 10.3. The van der Waals surface area contributed by atoms with E-state index in [0.29, 0.717) is 23.8 Å². The van der Waals surface area contributed by atoms with E-state index in [1.165, 1.54) is 0 Å². The maximum Gasteiger partial charge on any atom is 0.333 e. The van der Waals surface area contributed by atoms with Crippen LogP contribution in [0, 0.1) is 50.7 Å². The number of carboxylic acid groups (broad SMARTS) is 1. The molecule has 2 aliphatic heterocycles. The second kappa shape index (κ2) is 10.7. The number of rotatable bonds is 6. The number of esters is 1. The van der Waals surface area contributed by atoms with Crippen LogP contribution in [0.25, 0.3) is 0 Å². The standard InChI is InChI=1S/C36H54O10/c1-18-6-7-21(44-29(18)41)19(2)20-10-12-33(4)23-8-9-24-34(5,31(42)43)25(46-30-28(40)27(39)26(38)22(16-37)45-30)11-13-35(24)17-36(23,35)15-14-32(20,33)3/h6,19-28,30,37-40H,7-17H2,1-5H3,(H,42,43)/t19-,20?,21-,22+,23-,24-,25-,26+,27-,28+,30-,32+,33-,34?,35+,36-/m0/s1. The second-order valence-electron chi connectivity index (χ2n) is 17.0. The topological polar surface area (TPSA) is 163 Å². The van der Waals surface area contributed by atoms with Crippen LogP contribution in [0.1, 0.15) is 98.8 Å². The van der Waals surface area contributed by atoms with Gasteiger partial charge in [0.2, 0.25) is 0 Å². The van der Waals surface area contributed by atoms with Crippen LogP contribution in [0.3, 0.4) is 0 Å². The molecule has 5 N–H and O–H groups in total. The summed E-state index contributed by atoms with van der Waals surface area (Å²) >= 11 is 0. The van der Waals surface area contributed by atoms with Crippen molar-refractivity contribution in [2.75, 3.05) is 6.61 Å². The van der Waals surface area contributed by atoms with Gasteiger partial charge < -0.3 is 39.7 Å². The summed E-state index contributed by atoms with van der Waals surface area (Å²) in [6.07, 6.45) is 3.43. The molecule has 16 atom stereocenters. The van der Waals surface area contributed by atoms with Crippen LogP contribution < -0.4 is 0 Å². The molecule has 0 amide bonds. The smallest absolute Gasteiger partial charge is 0.333 e. The molecule has 1 saturated heterocycles. The lowest BCUT2D eigenvalue weighted by Gasteiger charge is -2.63. The number of carboxylic acids is 1. The summed E-state index contributed by atoms with van der Waals surface area (Å²) in [5, 5.41) is 51.8. The van der Waals surface area contributed by atoms with E-state index in [0.717, 1.165) is 57.8 Å². The van der Waals surface area contributed by atoms with E-state index in [9.17, 15) is 35.1 Å². The van der Waals surface area contributed by atoms with Gasteiger partial charge in [-0.1, -0.05) is 26.8 Å². The number of hydrogen-bond donors (Lipinski definition) is 5. The molecule has 10 heteroatoms. The molecule has 258 valence electrons. The van der Waals surface area contributed by atoms with Crippen LogP contribution in [0.4, 0.5) is 0 Å². The van der Waals surface area contributed by atoms with Crippen LogP contribution in [-0.4, -0.2) is 87.0 Å². The van der Waals surface area contributed by atoms with Gasteiger partial charge in [0.05, 0.1) is 18.1 Å². The first-order chi connectivity index (χ1) is 21.6. The van der Waals surface area contributed by atoms with Gasteiger partial charge in [0, 0.05) is 12.0 Å². The zero-order valence-electron chi connectivity index (χ0n) is 28.0. The Morgan fingerprint density at radius 1 is 0.957 bits per heavy atom. The van der Waals surface area contributed by atoms with Crippen molar-refractivity contribution in [1.82, 2.24) is 0 Å². The zero-order chi connectivity index (χ0) is 33.2. The van der Waals surface area contributed by atoms with Gasteiger partial charge in [-0.2, -0.15) is 0 Å². The number of aliphatic hydroxyl groups is 4. The van der Waals surface area contributed by atoms with Crippen LogP contribution in [-0.2, 0) is 23.8 Å². The number of ether oxygens (including phenoxy) is 3. The van der Waals surface area contributed by atoms with E-state index in [4.69, 9.17) is 14.2 Å². The van der Waals surface area contributed by atoms with E-state index in [2.05, 4.69) is 20.8 Å². The SMILES string of the molecule is CC1=CC[C@@H]([C@@H](C)C2CC[C@@]3(C)[C@@H]4CC[C@H]5C(C)(C(=O)O)[C@@H](O[C@@H]6O[C@H](CO)[C@@H](O)[C@H](O)[C@H]6O)CC[C@@]56C[C@@]46CC[C@]23C)OC1=O. The fourth-order valence-corrected chi connectivity index (χ4v) is 13.0. The molecule has 2 spiro atoms. The number of aliphatic carboxylic acids is 1. The van der Waals surface area contributed by atoms with Crippen LogP contribution in [0.15, 0.2) is 11.6 Å². The molecule has 0 aromatic rings. The Kier molecular flexibility index (Phi) is 7.68. The summed E-state index contributed by atoms with van der Waals surface area (Å²) < 4.78 is 17.9. The van der Waals surface area contributed by atoms with Crippen molar-refractivity contribution < 1.29 is 49.3 Å². The van der Waals surface area contributed by atoms with Gasteiger partial charge in [0.1, 0.15) is 30.5 Å². The average Bonchev–Trinajstić information content (AvgIpc) is 3.61. The minimum absolute atomic E-state index is 0.0758. The Bertz CT molecular complexity index is 1300. The number of hydrogen-bond acceptors (Lipinski definition) is 9. The van der Waals surface area contributed by atoms with Crippen molar-refractivity contribution in [3.8, 4) is 0 Å². The number of carbonyl (C=O) groups is 2. The Balaban J connectivity index is 1.13. The minimum atomic E-state index is -1.58. The second-order valence-corrected chi connectivity index (χ2v) is 17.0. The van der Waals surface area contributed by atoms with Crippen LogP contribution in [0.5, 0.6) is 0 Å². The summed E-state index contributed by atoms with van der Waals surface area (Å²) in [5.41, 5.74) is -0.273. The van der Waals surface area contributed by atoms with Gasteiger partial charge in [-0.05, 0) is 117 Å². The van der Waals surface area contributed by atoms with Crippen molar-refractivity contribution in [1.29, 1.82) is 0 Å². The first-order valence-electron chi connectivity index (χ1n) is 17.7.